The molecule has 0 aromatic carbocycles. The third-order valence-corrected chi connectivity index (χ3v) is 2.41. The van der Waals surface area contributed by atoms with E-state index in [1.807, 2.05) is 13.8 Å². The van der Waals surface area contributed by atoms with Crippen LogP contribution in [-0.2, 0) is 14.6 Å². The first-order valence-electron chi connectivity index (χ1n) is 5.04. The van der Waals surface area contributed by atoms with Gasteiger partial charge in [-0.15, -0.1) is 0 Å². The lowest BCUT2D eigenvalue weighted by Crippen LogP contribution is -2.21. The molecule has 5 nitrogen and oxygen atoms in total. The minimum Gasteiger partial charge on any atom is -0.393 e. The van der Waals surface area contributed by atoms with Gasteiger partial charge < -0.3 is 5.11 Å². The van der Waals surface area contributed by atoms with Crippen molar-refractivity contribution in [3.63, 3.8) is 0 Å². The summed E-state index contributed by atoms with van der Waals surface area (Å²) in [5.74, 6) is 0.269. The monoisotopic (exact) mass is 240 g/mol. The second-order valence-corrected chi connectivity index (χ2v) is 5.25. The fourth-order valence-corrected chi connectivity index (χ4v) is 1.85. The molecule has 0 aromatic heterocycles. The predicted octanol–water partition coefficient (Wildman–Crippen LogP) is 1.38. The van der Waals surface area contributed by atoms with Crippen LogP contribution in [0.15, 0.2) is 0 Å². The van der Waals surface area contributed by atoms with Crippen LogP contribution in [0.5, 0.6) is 0 Å². The van der Waals surface area contributed by atoms with Gasteiger partial charge in [-0.05, 0) is 32.1 Å². The molecule has 15 heavy (non-hydrogen) atoms. The van der Waals surface area contributed by atoms with Crippen LogP contribution in [0.1, 0.15) is 40.0 Å². The zero-order chi connectivity index (χ0) is 12.1. The minimum absolute atomic E-state index is 0.269. The molecule has 0 rings (SSSR count). The number of rotatable bonds is 7. The summed E-state index contributed by atoms with van der Waals surface area (Å²) in [6, 6.07) is 0. The average molecular weight is 240 g/mol. The summed E-state index contributed by atoms with van der Waals surface area (Å²) in [6.45, 7) is 5.49. The van der Waals surface area contributed by atoms with Gasteiger partial charge in [-0.2, -0.15) is 8.42 Å². The molecule has 0 saturated carbocycles. The number of aliphatic hydroxyl groups is 1. The fraction of sp³-hybridized carbons (Fsp3) is 1.00. The molecule has 0 bridgehead atoms. The molecule has 0 fully saturated rings. The van der Waals surface area contributed by atoms with Crippen LogP contribution in [0, 0.1) is 5.92 Å². The topological polar surface area (TPSA) is 83.8 Å². The number of hydrogen-bond donors (Lipinski definition) is 2. The lowest BCUT2D eigenvalue weighted by atomic mass is 10.0. The molecule has 0 saturated heterocycles. The van der Waals surface area contributed by atoms with Crippen LogP contribution in [0.2, 0.25) is 0 Å². The summed E-state index contributed by atoms with van der Waals surface area (Å²) >= 11 is 0. The molecule has 2 atom stereocenters. The van der Waals surface area contributed by atoms with Crippen molar-refractivity contribution in [1.82, 2.24) is 0 Å². The Morgan fingerprint density at radius 2 is 1.73 bits per heavy atom. The van der Waals surface area contributed by atoms with Crippen molar-refractivity contribution in [2.45, 2.75) is 52.2 Å². The Balaban J connectivity index is 4.19. The van der Waals surface area contributed by atoms with Crippen molar-refractivity contribution in [2.75, 3.05) is 0 Å². The van der Waals surface area contributed by atoms with Crippen molar-refractivity contribution in [1.29, 1.82) is 0 Å². The predicted molar refractivity (Wildman–Crippen MR) is 56.8 cm³/mol. The van der Waals surface area contributed by atoms with Crippen LogP contribution >= 0.6 is 0 Å². The van der Waals surface area contributed by atoms with Crippen LogP contribution < -0.4 is 0 Å². The summed E-state index contributed by atoms with van der Waals surface area (Å²) in [4.78, 5) is 0. The zero-order valence-electron chi connectivity index (χ0n) is 9.38. The second kappa shape index (κ2) is 6.42. The fourth-order valence-electron chi connectivity index (χ4n) is 1.33. The third-order valence-electron chi connectivity index (χ3n) is 1.90. The largest absolute Gasteiger partial charge is 0.397 e. The van der Waals surface area contributed by atoms with Crippen LogP contribution in [-0.4, -0.2) is 30.3 Å². The van der Waals surface area contributed by atoms with E-state index in [9.17, 15) is 8.42 Å². The maximum atomic E-state index is 10.5. The van der Waals surface area contributed by atoms with Crippen molar-refractivity contribution in [2.24, 2.45) is 5.92 Å². The maximum Gasteiger partial charge on any atom is 0.397 e. The van der Waals surface area contributed by atoms with Crippen molar-refractivity contribution in [3.8, 4) is 0 Å². The zero-order valence-corrected chi connectivity index (χ0v) is 10.2. The van der Waals surface area contributed by atoms with E-state index in [1.54, 1.807) is 6.92 Å². The Morgan fingerprint density at radius 1 is 1.20 bits per heavy atom. The van der Waals surface area contributed by atoms with Gasteiger partial charge in [0.25, 0.3) is 0 Å². The van der Waals surface area contributed by atoms with E-state index in [0.717, 1.165) is 0 Å². The van der Waals surface area contributed by atoms with Gasteiger partial charge in [-0.3, -0.25) is 4.55 Å². The molecule has 0 amide bonds. The minimum atomic E-state index is -4.40. The normalized spacial score (nSPS) is 16.7. The van der Waals surface area contributed by atoms with E-state index in [4.69, 9.17) is 9.66 Å². The summed E-state index contributed by atoms with van der Waals surface area (Å²) in [5, 5.41) is 9.07. The lowest BCUT2D eigenvalue weighted by Gasteiger charge is -2.18. The summed E-state index contributed by atoms with van der Waals surface area (Å²) < 4.78 is 34.1. The van der Waals surface area contributed by atoms with Crippen LogP contribution in [0.4, 0.5) is 0 Å². The number of hydrogen-bond acceptors (Lipinski definition) is 4. The highest BCUT2D eigenvalue weighted by Gasteiger charge is 2.18. The Morgan fingerprint density at radius 3 is 2.07 bits per heavy atom. The molecule has 0 aliphatic rings. The lowest BCUT2D eigenvalue weighted by molar-refractivity contribution is 0.117. The van der Waals surface area contributed by atoms with Crippen LogP contribution in [0.25, 0.3) is 0 Å². The Kier molecular flexibility index (Phi) is 6.35. The van der Waals surface area contributed by atoms with Crippen molar-refractivity contribution in [3.05, 3.63) is 0 Å². The summed E-state index contributed by atoms with van der Waals surface area (Å²) in [6.07, 6.45) is 0.342. The van der Waals surface area contributed by atoms with Crippen molar-refractivity contribution >= 4 is 10.4 Å². The van der Waals surface area contributed by atoms with Gasteiger partial charge in [-0.25, -0.2) is 4.18 Å². The van der Waals surface area contributed by atoms with Crippen LogP contribution in [0.3, 0.4) is 0 Å². The van der Waals surface area contributed by atoms with Crippen molar-refractivity contribution < 1.29 is 22.3 Å². The molecule has 92 valence electrons. The van der Waals surface area contributed by atoms with Gasteiger partial charge in [0, 0.05) is 0 Å². The van der Waals surface area contributed by atoms with E-state index < -0.39 is 22.6 Å². The number of aliphatic hydroxyl groups excluding tert-OH is 1. The van der Waals surface area contributed by atoms with E-state index in [0.29, 0.717) is 19.3 Å². The van der Waals surface area contributed by atoms with E-state index in [-0.39, 0.29) is 5.92 Å². The van der Waals surface area contributed by atoms with Gasteiger partial charge in [-0.1, -0.05) is 13.8 Å². The SMILES string of the molecule is CC(C)C[C@H](CC[C@@H](C)O)OS(=O)(=O)O. The summed E-state index contributed by atoms with van der Waals surface area (Å²) in [7, 11) is -4.40. The highest BCUT2D eigenvalue weighted by atomic mass is 32.3. The molecule has 0 unspecified atom stereocenters. The third kappa shape index (κ3) is 10.1. The molecular formula is C9H20O5S. The standard InChI is InChI=1S/C9H20O5S/c1-7(2)6-9(5-4-8(3)10)14-15(11,12)13/h7-10H,4-6H2,1-3H3,(H,11,12,13)/t8-,9+/m1/s1. The first-order valence-corrected chi connectivity index (χ1v) is 6.41. The maximum absolute atomic E-state index is 10.5. The first-order chi connectivity index (χ1) is 6.70. The van der Waals surface area contributed by atoms with E-state index >= 15 is 0 Å². The molecule has 0 aliphatic carbocycles. The Bertz CT molecular complexity index is 258. The van der Waals surface area contributed by atoms with E-state index in [2.05, 4.69) is 4.18 Å². The average Bonchev–Trinajstić information content (AvgIpc) is 1.95. The molecule has 0 heterocycles. The molecular weight excluding hydrogens is 220 g/mol. The quantitative estimate of drug-likeness (QED) is 0.657. The highest BCUT2D eigenvalue weighted by molar-refractivity contribution is 7.80. The summed E-state index contributed by atoms with van der Waals surface area (Å²) in [5.41, 5.74) is 0. The highest BCUT2D eigenvalue weighted by Crippen LogP contribution is 2.16. The molecule has 0 aromatic rings. The van der Waals surface area contributed by atoms with Gasteiger partial charge in [0.2, 0.25) is 0 Å². The smallest absolute Gasteiger partial charge is 0.393 e. The second-order valence-electron chi connectivity index (χ2n) is 4.20. The Labute approximate surface area is 91.4 Å². The van der Waals surface area contributed by atoms with Gasteiger partial charge in [0.1, 0.15) is 0 Å². The molecule has 0 aliphatic heterocycles. The van der Waals surface area contributed by atoms with Gasteiger partial charge in [0.05, 0.1) is 12.2 Å². The molecule has 6 heteroatoms. The van der Waals surface area contributed by atoms with Gasteiger partial charge >= 0.3 is 10.4 Å². The Hall–Kier alpha value is -0.170. The first kappa shape index (κ1) is 14.8. The van der Waals surface area contributed by atoms with E-state index in [1.165, 1.54) is 0 Å². The molecule has 2 N–H and O–H groups in total. The molecule has 0 radical (unpaired) electrons. The molecule has 0 spiro atoms. The van der Waals surface area contributed by atoms with Gasteiger partial charge in [0.15, 0.2) is 0 Å².